The molecule has 18 heavy (non-hydrogen) atoms. The second-order valence-corrected chi connectivity index (χ2v) is 4.11. The number of phenols is 2. The molecule has 0 unspecified atom stereocenters. The van der Waals surface area contributed by atoms with Gasteiger partial charge in [0.15, 0.2) is 0 Å². The van der Waals surface area contributed by atoms with Gasteiger partial charge in [-0.25, -0.2) is 0 Å². The van der Waals surface area contributed by atoms with Gasteiger partial charge in [-0.15, -0.1) is 0 Å². The van der Waals surface area contributed by atoms with E-state index in [1.807, 2.05) is 6.92 Å². The summed E-state index contributed by atoms with van der Waals surface area (Å²) in [5.74, 6) is -0.804. The van der Waals surface area contributed by atoms with E-state index < -0.39 is 0 Å². The van der Waals surface area contributed by atoms with Crippen LogP contribution < -0.4 is 5.73 Å². The van der Waals surface area contributed by atoms with Gasteiger partial charge >= 0.3 is 0 Å². The SMILES string of the molecule is CCCCN(CCN)C(=O)c1c(O)cccc1O. The van der Waals surface area contributed by atoms with Crippen LogP contribution in [0.3, 0.4) is 0 Å². The van der Waals surface area contributed by atoms with E-state index in [0.717, 1.165) is 12.8 Å². The summed E-state index contributed by atoms with van der Waals surface area (Å²) in [4.78, 5) is 13.8. The highest BCUT2D eigenvalue weighted by atomic mass is 16.3. The highest BCUT2D eigenvalue weighted by molar-refractivity contribution is 5.99. The zero-order valence-corrected chi connectivity index (χ0v) is 10.6. The maximum absolute atomic E-state index is 12.2. The van der Waals surface area contributed by atoms with Crippen molar-refractivity contribution >= 4 is 5.91 Å². The molecule has 0 aliphatic heterocycles. The minimum atomic E-state index is -0.385. The van der Waals surface area contributed by atoms with Crippen molar-refractivity contribution in [1.29, 1.82) is 0 Å². The maximum Gasteiger partial charge on any atom is 0.261 e. The molecule has 0 aliphatic carbocycles. The number of unbranched alkanes of at least 4 members (excludes halogenated alkanes) is 1. The average Bonchev–Trinajstić information content (AvgIpc) is 2.34. The smallest absolute Gasteiger partial charge is 0.261 e. The van der Waals surface area contributed by atoms with E-state index in [-0.39, 0.29) is 23.0 Å². The van der Waals surface area contributed by atoms with E-state index in [1.54, 1.807) is 4.90 Å². The number of benzene rings is 1. The van der Waals surface area contributed by atoms with Gasteiger partial charge in [-0.2, -0.15) is 0 Å². The van der Waals surface area contributed by atoms with Crippen LogP contribution >= 0.6 is 0 Å². The van der Waals surface area contributed by atoms with Gasteiger partial charge in [-0.05, 0) is 18.6 Å². The fourth-order valence-electron chi connectivity index (χ4n) is 1.73. The summed E-state index contributed by atoms with van der Waals surface area (Å²) >= 11 is 0. The molecular formula is C13H20N2O3. The standard InChI is InChI=1S/C13H20N2O3/c1-2-3-8-15(9-7-14)13(18)12-10(16)5-4-6-11(12)17/h4-6,16-17H,2-3,7-9,14H2,1H3. The molecule has 0 spiro atoms. The third kappa shape index (κ3) is 3.37. The molecule has 0 aromatic heterocycles. The normalized spacial score (nSPS) is 10.3. The van der Waals surface area contributed by atoms with Crippen LogP contribution in [-0.4, -0.2) is 40.7 Å². The highest BCUT2D eigenvalue weighted by Gasteiger charge is 2.21. The van der Waals surface area contributed by atoms with E-state index in [1.165, 1.54) is 18.2 Å². The molecule has 5 heteroatoms. The third-order valence-electron chi connectivity index (χ3n) is 2.70. The van der Waals surface area contributed by atoms with Crippen LogP contribution in [0.1, 0.15) is 30.1 Å². The lowest BCUT2D eigenvalue weighted by molar-refractivity contribution is 0.0752. The van der Waals surface area contributed by atoms with Crippen molar-refractivity contribution in [1.82, 2.24) is 4.90 Å². The Hall–Kier alpha value is -1.75. The Morgan fingerprint density at radius 2 is 1.89 bits per heavy atom. The van der Waals surface area contributed by atoms with Crippen molar-refractivity contribution in [3.8, 4) is 11.5 Å². The molecule has 0 bridgehead atoms. The molecule has 1 rings (SSSR count). The molecule has 0 fully saturated rings. The molecule has 4 N–H and O–H groups in total. The van der Waals surface area contributed by atoms with Gasteiger partial charge in [0.2, 0.25) is 0 Å². The Morgan fingerprint density at radius 1 is 1.28 bits per heavy atom. The summed E-state index contributed by atoms with van der Waals surface area (Å²) in [7, 11) is 0. The Balaban J connectivity index is 2.94. The van der Waals surface area contributed by atoms with Crippen molar-refractivity contribution in [3.05, 3.63) is 23.8 Å². The van der Waals surface area contributed by atoms with E-state index in [9.17, 15) is 15.0 Å². The molecule has 0 radical (unpaired) electrons. The van der Waals surface area contributed by atoms with Crippen LogP contribution in [0.2, 0.25) is 0 Å². The number of nitrogens with two attached hydrogens (primary N) is 1. The first-order valence-electron chi connectivity index (χ1n) is 6.12. The van der Waals surface area contributed by atoms with Crippen LogP contribution in [0.4, 0.5) is 0 Å². The zero-order chi connectivity index (χ0) is 13.5. The second kappa shape index (κ2) is 6.86. The van der Waals surface area contributed by atoms with Gasteiger partial charge in [-0.1, -0.05) is 19.4 Å². The fraction of sp³-hybridized carbons (Fsp3) is 0.462. The topological polar surface area (TPSA) is 86.8 Å². The Kier molecular flexibility index (Phi) is 5.45. The highest BCUT2D eigenvalue weighted by Crippen LogP contribution is 2.27. The van der Waals surface area contributed by atoms with Crippen LogP contribution in [0.15, 0.2) is 18.2 Å². The summed E-state index contributed by atoms with van der Waals surface area (Å²) in [5, 5.41) is 19.3. The fourth-order valence-corrected chi connectivity index (χ4v) is 1.73. The predicted molar refractivity (Wildman–Crippen MR) is 69.6 cm³/mol. The number of carbonyl (C=O) groups excluding carboxylic acids is 1. The molecule has 1 aromatic rings. The lowest BCUT2D eigenvalue weighted by Gasteiger charge is -2.22. The number of amides is 1. The second-order valence-electron chi connectivity index (χ2n) is 4.11. The summed E-state index contributed by atoms with van der Waals surface area (Å²) in [6.45, 7) is 3.36. The number of carbonyl (C=O) groups is 1. The molecule has 0 heterocycles. The lowest BCUT2D eigenvalue weighted by Crippen LogP contribution is -2.36. The van der Waals surface area contributed by atoms with Crippen molar-refractivity contribution in [2.75, 3.05) is 19.6 Å². The average molecular weight is 252 g/mol. The molecule has 0 saturated heterocycles. The van der Waals surface area contributed by atoms with Gasteiger partial charge in [0.05, 0.1) is 0 Å². The third-order valence-corrected chi connectivity index (χ3v) is 2.70. The Bertz CT molecular complexity index is 387. The number of hydrogen-bond acceptors (Lipinski definition) is 4. The molecule has 100 valence electrons. The monoisotopic (exact) mass is 252 g/mol. The quantitative estimate of drug-likeness (QED) is 0.712. The van der Waals surface area contributed by atoms with E-state index in [4.69, 9.17) is 5.73 Å². The van der Waals surface area contributed by atoms with E-state index in [0.29, 0.717) is 19.6 Å². The lowest BCUT2D eigenvalue weighted by atomic mass is 10.1. The van der Waals surface area contributed by atoms with Crippen molar-refractivity contribution < 1.29 is 15.0 Å². The minimum Gasteiger partial charge on any atom is -0.507 e. The number of rotatable bonds is 6. The van der Waals surface area contributed by atoms with Crippen molar-refractivity contribution in [2.24, 2.45) is 5.73 Å². The molecule has 5 nitrogen and oxygen atoms in total. The van der Waals surface area contributed by atoms with Gasteiger partial charge in [0.1, 0.15) is 17.1 Å². The van der Waals surface area contributed by atoms with Crippen molar-refractivity contribution in [2.45, 2.75) is 19.8 Å². The predicted octanol–water partition coefficient (Wildman–Crippen LogP) is 1.30. The summed E-state index contributed by atoms with van der Waals surface area (Å²) < 4.78 is 0. The molecule has 0 saturated carbocycles. The number of phenolic OH excluding ortho intramolecular Hbond substituents is 2. The Labute approximate surface area is 107 Å². The zero-order valence-electron chi connectivity index (χ0n) is 10.6. The molecule has 1 amide bonds. The number of aromatic hydroxyl groups is 2. The summed E-state index contributed by atoms with van der Waals surface area (Å²) in [6.07, 6.45) is 1.82. The van der Waals surface area contributed by atoms with E-state index >= 15 is 0 Å². The van der Waals surface area contributed by atoms with Gasteiger partial charge in [-0.3, -0.25) is 4.79 Å². The number of hydrogen-bond donors (Lipinski definition) is 3. The molecule has 0 atom stereocenters. The van der Waals surface area contributed by atoms with Crippen LogP contribution in [0.5, 0.6) is 11.5 Å². The van der Waals surface area contributed by atoms with Crippen LogP contribution in [0.25, 0.3) is 0 Å². The molecular weight excluding hydrogens is 232 g/mol. The molecule has 0 aliphatic rings. The van der Waals surface area contributed by atoms with Gasteiger partial charge in [0, 0.05) is 19.6 Å². The first-order chi connectivity index (χ1) is 8.61. The summed E-state index contributed by atoms with van der Waals surface area (Å²) in [5.41, 5.74) is 5.42. The van der Waals surface area contributed by atoms with Gasteiger partial charge in [0.25, 0.3) is 5.91 Å². The van der Waals surface area contributed by atoms with Crippen LogP contribution in [0, 0.1) is 0 Å². The van der Waals surface area contributed by atoms with Gasteiger partial charge < -0.3 is 20.8 Å². The van der Waals surface area contributed by atoms with Crippen molar-refractivity contribution in [3.63, 3.8) is 0 Å². The maximum atomic E-state index is 12.2. The Morgan fingerprint density at radius 3 is 2.39 bits per heavy atom. The van der Waals surface area contributed by atoms with E-state index in [2.05, 4.69) is 0 Å². The number of nitrogens with zero attached hydrogens (tertiary/aromatic N) is 1. The largest absolute Gasteiger partial charge is 0.507 e. The first-order valence-corrected chi connectivity index (χ1v) is 6.12. The summed E-state index contributed by atoms with van der Waals surface area (Å²) in [6, 6.07) is 4.25. The van der Waals surface area contributed by atoms with Crippen LogP contribution in [-0.2, 0) is 0 Å². The first kappa shape index (κ1) is 14.3. The molecule has 1 aromatic carbocycles. The minimum absolute atomic E-state index is 0.0537.